The first-order valence-corrected chi connectivity index (χ1v) is 6.42. The zero-order chi connectivity index (χ0) is 13.1. The van der Waals surface area contributed by atoms with Gasteiger partial charge in [0.2, 0.25) is 0 Å². The van der Waals surface area contributed by atoms with E-state index in [9.17, 15) is 10.2 Å². The molecule has 1 aromatic carbocycles. The number of benzene rings is 1. The van der Waals surface area contributed by atoms with Crippen LogP contribution in [0.4, 0.5) is 0 Å². The molecule has 96 valence electrons. The highest BCUT2D eigenvalue weighted by atomic mass is 16.3. The Balaban J connectivity index is 2.11. The maximum atomic E-state index is 9.86. The van der Waals surface area contributed by atoms with Crippen LogP contribution in [0.5, 0.6) is 11.5 Å². The lowest BCUT2D eigenvalue weighted by atomic mass is 9.88. The molecule has 1 aliphatic rings. The van der Waals surface area contributed by atoms with Crippen molar-refractivity contribution in [2.45, 2.75) is 39.5 Å². The van der Waals surface area contributed by atoms with Crippen molar-refractivity contribution in [3.05, 3.63) is 46.6 Å². The van der Waals surface area contributed by atoms with Gasteiger partial charge in [-0.15, -0.1) is 0 Å². The predicted molar refractivity (Wildman–Crippen MR) is 73.9 cm³/mol. The minimum Gasteiger partial charge on any atom is -0.508 e. The molecule has 0 spiro atoms. The molecular weight excluding hydrogens is 224 g/mol. The Bertz CT molecular complexity index is 506. The SMILES string of the molecule is CC(C)=CCCC1=CCc2c(O)ccc(O)c2C1. The first kappa shape index (κ1) is 12.7. The Kier molecular flexibility index (Phi) is 3.75. The van der Waals surface area contributed by atoms with E-state index in [-0.39, 0.29) is 0 Å². The maximum absolute atomic E-state index is 9.86. The summed E-state index contributed by atoms with van der Waals surface area (Å²) in [6.07, 6.45) is 7.97. The van der Waals surface area contributed by atoms with E-state index in [1.165, 1.54) is 11.1 Å². The van der Waals surface area contributed by atoms with Crippen LogP contribution in [-0.2, 0) is 12.8 Å². The van der Waals surface area contributed by atoms with E-state index in [1.54, 1.807) is 12.1 Å². The fraction of sp³-hybridized carbons (Fsp3) is 0.375. The number of aromatic hydroxyl groups is 2. The van der Waals surface area contributed by atoms with Gasteiger partial charge in [-0.2, -0.15) is 0 Å². The number of phenolic OH excluding ortho intramolecular Hbond substituents is 2. The second-order valence-corrected chi connectivity index (χ2v) is 5.12. The summed E-state index contributed by atoms with van der Waals surface area (Å²) in [5, 5.41) is 19.6. The Hall–Kier alpha value is -1.70. The molecule has 0 saturated carbocycles. The minimum atomic E-state index is 0.294. The van der Waals surface area contributed by atoms with Crippen molar-refractivity contribution in [2.24, 2.45) is 0 Å². The number of rotatable bonds is 3. The van der Waals surface area contributed by atoms with Crippen LogP contribution in [0, 0.1) is 0 Å². The van der Waals surface area contributed by atoms with Crippen LogP contribution in [0.1, 0.15) is 37.8 Å². The van der Waals surface area contributed by atoms with Crippen LogP contribution < -0.4 is 0 Å². The van der Waals surface area contributed by atoms with E-state index in [1.807, 2.05) is 0 Å². The largest absolute Gasteiger partial charge is 0.508 e. The van der Waals surface area contributed by atoms with Gasteiger partial charge >= 0.3 is 0 Å². The Morgan fingerprint density at radius 3 is 2.50 bits per heavy atom. The van der Waals surface area contributed by atoms with Crippen molar-refractivity contribution in [2.75, 3.05) is 0 Å². The molecule has 2 N–H and O–H groups in total. The highest BCUT2D eigenvalue weighted by Crippen LogP contribution is 2.35. The first-order chi connectivity index (χ1) is 8.58. The van der Waals surface area contributed by atoms with Gasteiger partial charge in [0.05, 0.1) is 0 Å². The molecule has 0 radical (unpaired) electrons. The lowest BCUT2D eigenvalue weighted by molar-refractivity contribution is 0.449. The summed E-state index contributed by atoms with van der Waals surface area (Å²) in [5.74, 6) is 0.595. The minimum absolute atomic E-state index is 0.294. The third-order valence-electron chi connectivity index (χ3n) is 3.40. The summed E-state index contributed by atoms with van der Waals surface area (Å²) in [4.78, 5) is 0. The molecule has 0 fully saturated rings. The summed E-state index contributed by atoms with van der Waals surface area (Å²) in [6.45, 7) is 4.21. The molecule has 18 heavy (non-hydrogen) atoms. The van der Waals surface area contributed by atoms with Gasteiger partial charge in [-0.25, -0.2) is 0 Å². The number of allylic oxidation sites excluding steroid dienone is 4. The summed E-state index contributed by atoms with van der Waals surface area (Å²) >= 11 is 0. The second kappa shape index (κ2) is 5.30. The normalized spacial score (nSPS) is 13.8. The highest BCUT2D eigenvalue weighted by Gasteiger charge is 2.17. The molecule has 0 atom stereocenters. The molecule has 2 nitrogen and oxygen atoms in total. The van der Waals surface area contributed by atoms with Crippen LogP contribution >= 0.6 is 0 Å². The zero-order valence-electron chi connectivity index (χ0n) is 11.0. The fourth-order valence-electron chi connectivity index (χ4n) is 2.38. The van der Waals surface area contributed by atoms with Gasteiger partial charge in [0.25, 0.3) is 0 Å². The van der Waals surface area contributed by atoms with Gasteiger partial charge in [-0.05, 0) is 51.7 Å². The number of hydrogen-bond acceptors (Lipinski definition) is 2. The lowest BCUT2D eigenvalue weighted by Gasteiger charge is -2.19. The molecule has 1 aromatic rings. The molecule has 2 heteroatoms. The van der Waals surface area contributed by atoms with Gasteiger partial charge in [0, 0.05) is 11.1 Å². The number of fused-ring (bicyclic) bond motifs is 1. The van der Waals surface area contributed by atoms with E-state index in [4.69, 9.17) is 0 Å². The third kappa shape index (κ3) is 2.76. The van der Waals surface area contributed by atoms with E-state index in [0.717, 1.165) is 36.8 Å². The average molecular weight is 244 g/mol. The van der Waals surface area contributed by atoms with E-state index in [2.05, 4.69) is 26.0 Å². The Morgan fingerprint density at radius 2 is 1.83 bits per heavy atom. The molecule has 0 amide bonds. The van der Waals surface area contributed by atoms with E-state index >= 15 is 0 Å². The maximum Gasteiger partial charge on any atom is 0.119 e. The van der Waals surface area contributed by atoms with Crippen molar-refractivity contribution < 1.29 is 10.2 Å². The smallest absolute Gasteiger partial charge is 0.119 e. The van der Waals surface area contributed by atoms with Crippen LogP contribution in [0.25, 0.3) is 0 Å². The Morgan fingerprint density at radius 1 is 1.17 bits per heavy atom. The van der Waals surface area contributed by atoms with Crippen molar-refractivity contribution in [1.29, 1.82) is 0 Å². The third-order valence-corrected chi connectivity index (χ3v) is 3.40. The molecule has 0 aliphatic heterocycles. The molecule has 0 bridgehead atoms. The molecule has 0 unspecified atom stereocenters. The molecule has 1 aliphatic carbocycles. The standard InChI is InChI=1S/C16H20O2/c1-11(2)4-3-5-12-6-7-13-14(10-12)16(18)9-8-15(13)17/h4,6,8-9,17-18H,3,5,7,10H2,1-2H3. The zero-order valence-corrected chi connectivity index (χ0v) is 11.0. The van der Waals surface area contributed by atoms with Gasteiger partial charge in [-0.1, -0.05) is 23.3 Å². The summed E-state index contributed by atoms with van der Waals surface area (Å²) in [7, 11) is 0. The molecule has 0 aromatic heterocycles. The van der Waals surface area contributed by atoms with Crippen LogP contribution in [0.15, 0.2) is 35.4 Å². The van der Waals surface area contributed by atoms with Crippen LogP contribution in [-0.4, -0.2) is 10.2 Å². The van der Waals surface area contributed by atoms with Crippen molar-refractivity contribution >= 4 is 0 Å². The quantitative estimate of drug-likeness (QED) is 0.626. The summed E-state index contributed by atoms with van der Waals surface area (Å²) < 4.78 is 0. The number of hydrogen-bond donors (Lipinski definition) is 2. The number of phenols is 2. The molecular formula is C16H20O2. The average Bonchev–Trinajstić information content (AvgIpc) is 2.34. The van der Waals surface area contributed by atoms with Crippen molar-refractivity contribution in [1.82, 2.24) is 0 Å². The van der Waals surface area contributed by atoms with E-state index in [0.29, 0.717) is 11.5 Å². The monoisotopic (exact) mass is 244 g/mol. The summed E-state index contributed by atoms with van der Waals surface area (Å²) in [6, 6.07) is 3.14. The highest BCUT2D eigenvalue weighted by molar-refractivity contribution is 5.52. The van der Waals surface area contributed by atoms with Crippen LogP contribution in [0.2, 0.25) is 0 Å². The predicted octanol–water partition coefficient (Wildman–Crippen LogP) is 3.87. The van der Waals surface area contributed by atoms with Gasteiger partial charge < -0.3 is 10.2 Å². The summed E-state index contributed by atoms with van der Waals surface area (Å²) in [5.41, 5.74) is 4.46. The topological polar surface area (TPSA) is 40.5 Å². The van der Waals surface area contributed by atoms with Crippen molar-refractivity contribution in [3.63, 3.8) is 0 Å². The lowest BCUT2D eigenvalue weighted by Crippen LogP contribution is -2.04. The van der Waals surface area contributed by atoms with Crippen molar-refractivity contribution in [3.8, 4) is 11.5 Å². The van der Waals surface area contributed by atoms with Gasteiger partial charge in [0.1, 0.15) is 11.5 Å². The Labute approximate surface area is 108 Å². The second-order valence-electron chi connectivity index (χ2n) is 5.12. The fourth-order valence-corrected chi connectivity index (χ4v) is 2.38. The first-order valence-electron chi connectivity index (χ1n) is 6.42. The molecule has 0 saturated heterocycles. The van der Waals surface area contributed by atoms with Gasteiger partial charge in [0.15, 0.2) is 0 Å². The van der Waals surface area contributed by atoms with Crippen LogP contribution in [0.3, 0.4) is 0 Å². The van der Waals surface area contributed by atoms with E-state index < -0.39 is 0 Å². The van der Waals surface area contributed by atoms with Gasteiger partial charge in [-0.3, -0.25) is 0 Å². The molecule has 0 heterocycles. The molecule has 2 rings (SSSR count).